The van der Waals surface area contributed by atoms with Crippen molar-refractivity contribution in [1.29, 1.82) is 0 Å². The van der Waals surface area contributed by atoms with E-state index in [4.69, 9.17) is 4.74 Å². The van der Waals surface area contributed by atoms with Crippen LogP contribution in [0.15, 0.2) is 115 Å². The summed E-state index contributed by atoms with van der Waals surface area (Å²) in [6.07, 6.45) is -11.1. The molecule has 9 heteroatoms. The normalized spacial score (nSPS) is 17.6. The second kappa shape index (κ2) is 10.8. The predicted molar refractivity (Wildman–Crippen MR) is 155 cm³/mol. The Morgan fingerprint density at radius 2 is 1.32 bits per heavy atom. The molecule has 1 aliphatic heterocycles. The van der Waals surface area contributed by atoms with E-state index in [1.807, 2.05) is 36.4 Å². The predicted octanol–water partition coefficient (Wildman–Crippen LogP) is 9.77. The zero-order valence-corrected chi connectivity index (χ0v) is 23.3. The molecule has 5 aromatic carbocycles. The number of nitrogens with zero attached hydrogens (tertiary/aromatic N) is 1. The summed E-state index contributed by atoms with van der Waals surface area (Å²) in [5.74, 6) is -0.345. The minimum atomic E-state index is -5.01. The zero-order valence-electron chi connectivity index (χ0n) is 23.3. The van der Waals surface area contributed by atoms with Gasteiger partial charge in [0.2, 0.25) is 5.91 Å². The van der Waals surface area contributed by atoms with E-state index in [9.17, 15) is 31.1 Å². The Kier molecular flexibility index (Phi) is 7.24. The van der Waals surface area contributed by atoms with Gasteiger partial charge in [-0.25, -0.2) is 0 Å². The summed E-state index contributed by atoms with van der Waals surface area (Å²) in [6, 6.07) is 30.4. The number of rotatable bonds is 6. The molecular weight excluding hydrogens is 580 g/mol. The quantitative estimate of drug-likeness (QED) is 0.180. The maximum absolute atomic E-state index is 14.6. The monoisotopic (exact) mass is 605 g/mol. The molecule has 5 aromatic rings. The molecule has 0 spiro atoms. The van der Waals surface area contributed by atoms with Gasteiger partial charge in [0.25, 0.3) is 0 Å². The molecule has 44 heavy (non-hydrogen) atoms. The van der Waals surface area contributed by atoms with Crippen molar-refractivity contribution in [2.24, 2.45) is 0 Å². The lowest BCUT2D eigenvalue weighted by atomic mass is 9.74. The van der Waals surface area contributed by atoms with Crippen LogP contribution in [-0.2, 0) is 33.9 Å². The number of para-hydroxylation sites is 2. The fourth-order valence-electron chi connectivity index (χ4n) is 5.98. The van der Waals surface area contributed by atoms with Crippen LogP contribution in [0.5, 0.6) is 0 Å². The largest absolute Gasteiger partial charge is 0.416 e. The topological polar surface area (TPSA) is 29.5 Å². The molecule has 0 N–H and O–H groups in total. The lowest BCUT2D eigenvalue weighted by Gasteiger charge is -2.34. The number of benzene rings is 5. The Bertz CT molecular complexity index is 1810. The van der Waals surface area contributed by atoms with E-state index < -0.39 is 41.6 Å². The minimum absolute atomic E-state index is 0.0848. The summed E-state index contributed by atoms with van der Waals surface area (Å²) < 4.78 is 88.2. The van der Waals surface area contributed by atoms with Crippen molar-refractivity contribution in [2.75, 3.05) is 4.90 Å². The van der Waals surface area contributed by atoms with E-state index in [1.165, 1.54) is 0 Å². The SMILES string of the molecule is C[C@@]1([C@@H](OCc2cc(C(F)(F)F)cc(C(F)(F)F)c2)c2cccc3ccccc23)C(=O)N(c2ccccc2)c2ccccc21. The van der Waals surface area contributed by atoms with Gasteiger partial charge in [-0.05, 0) is 70.8 Å². The first kappa shape index (κ1) is 29.4. The van der Waals surface area contributed by atoms with Gasteiger partial charge in [0.15, 0.2) is 0 Å². The number of ether oxygens (including phenoxy) is 1. The van der Waals surface area contributed by atoms with Crippen molar-refractivity contribution in [3.63, 3.8) is 0 Å². The number of hydrogen-bond acceptors (Lipinski definition) is 2. The summed E-state index contributed by atoms with van der Waals surface area (Å²) in [4.78, 5) is 16.1. The number of alkyl halides is 6. The van der Waals surface area contributed by atoms with Crippen LogP contribution in [0.1, 0.15) is 40.8 Å². The van der Waals surface area contributed by atoms with Gasteiger partial charge in [-0.3, -0.25) is 9.69 Å². The Morgan fingerprint density at radius 1 is 0.727 bits per heavy atom. The van der Waals surface area contributed by atoms with E-state index in [2.05, 4.69) is 0 Å². The molecule has 0 bridgehead atoms. The van der Waals surface area contributed by atoms with E-state index in [0.717, 1.165) is 10.8 Å². The first-order valence-corrected chi connectivity index (χ1v) is 13.8. The van der Waals surface area contributed by atoms with Crippen molar-refractivity contribution in [3.05, 3.63) is 143 Å². The van der Waals surface area contributed by atoms with Crippen LogP contribution < -0.4 is 4.90 Å². The molecule has 3 nitrogen and oxygen atoms in total. The molecule has 1 aliphatic rings. The van der Waals surface area contributed by atoms with Crippen molar-refractivity contribution in [1.82, 2.24) is 0 Å². The number of carbonyl (C=O) groups is 1. The van der Waals surface area contributed by atoms with E-state index in [0.29, 0.717) is 34.6 Å². The molecule has 0 unspecified atom stereocenters. The molecule has 0 saturated heterocycles. The van der Waals surface area contributed by atoms with E-state index in [1.54, 1.807) is 72.5 Å². The van der Waals surface area contributed by atoms with Crippen LogP contribution >= 0.6 is 0 Å². The van der Waals surface area contributed by atoms with Crippen molar-refractivity contribution < 1.29 is 35.9 Å². The molecule has 2 atom stereocenters. The number of amides is 1. The van der Waals surface area contributed by atoms with Gasteiger partial charge in [0.1, 0.15) is 11.5 Å². The second-order valence-corrected chi connectivity index (χ2v) is 10.9. The highest BCUT2D eigenvalue weighted by Crippen LogP contribution is 2.53. The number of hydrogen-bond donors (Lipinski definition) is 0. The lowest BCUT2D eigenvalue weighted by Crippen LogP contribution is -2.42. The van der Waals surface area contributed by atoms with Gasteiger partial charge < -0.3 is 4.74 Å². The Balaban J connectivity index is 1.52. The van der Waals surface area contributed by atoms with Crippen LogP contribution in [0.4, 0.5) is 37.7 Å². The Morgan fingerprint density at radius 3 is 2.00 bits per heavy atom. The van der Waals surface area contributed by atoms with Crippen molar-refractivity contribution in [2.45, 2.75) is 37.4 Å². The summed E-state index contributed by atoms with van der Waals surface area (Å²) >= 11 is 0. The van der Waals surface area contributed by atoms with Crippen LogP contribution in [-0.4, -0.2) is 5.91 Å². The van der Waals surface area contributed by atoms with Crippen LogP contribution in [0.3, 0.4) is 0 Å². The van der Waals surface area contributed by atoms with Gasteiger partial charge in [-0.15, -0.1) is 0 Å². The maximum atomic E-state index is 14.6. The summed E-state index contributed by atoms with van der Waals surface area (Å²) in [5, 5.41) is 1.57. The summed E-state index contributed by atoms with van der Waals surface area (Å²) in [5.41, 5.74) is -2.19. The van der Waals surface area contributed by atoms with Crippen LogP contribution in [0.2, 0.25) is 0 Å². The summed E-state index contributed by atoms with van der Waals surface area (Å²) in [7, 11) is 0. The number of anilines is 2. The molecule has 0 aromatic heterocycles. The summed E-state index contributed by atoms with van der Waals surface area (Å²) in [6.45, 7) is 1.09. The molecule has 0 saturated carbocycles. The highest BCUT2D eigenvalue weighted by Gasteiger charge is 2.54. The fraction of sp³-hybridized carbons (Fsp3) is 0.171. The third kappa shape index (κ3) is 5.11. The third-order valence-electron chi connectivity index (χ3n) is 8.06. The molecule has 224 valence electrons. The first-order valence-electron chi connectivity index (χ1n) is 13.8. The average Bonchev–Trinajstić information content (AvgIpc) is 3.23. The number of fused-ring (bicyclic) bond motifs is 2. The first-order chi connectivity index (χ1) is 20.9. The highest BCUT2D eigenvalue weighted by molar-refractivity contribution is 6.13. The molecule has 6 rings (SSSR count). The van der Waals surface area contributed by atoms with Gasteiger partial charge in [-0.2, -0.15) is 26.3 Å². The minimum Gasteiger partial charge on any atom is -0.367 e. The third-order valence-corrected chi connectivity index (χ3v) is 8.06. The molecule has 0 aliphatic carbocycles. The number of halogens is 6. The molecule has 1 amide bonds. The molecule has 0 radical (unpaired) electrons. The standard InChI is InChI=1S/C35H25F6NO2/c1-33(29-16-7-8-17-30(29)42(32(33)43)26-12-3-2-4-13-26)31(28-15-9-11-23-10-5-6-14-27(23)28)44-21-22-18-24(34(36,37)38)20-25(19-22)35(39,40)41/h2-20,31H,21H2,1H3/t31-,33+/m0/s1. The second-order valence-electron chi connectivity index (χ2n) is 10.9. The van der Waals surface area contributed by atoms with Gasteiger partial charge in [-0.1, -0.05) is 78.9 Å². The average molecular weight is 606 g/mol. The van der Waals surface area contributed by atoms with E-state index in [-0.39, 0.29) is 17.5 Å². The fourth-order valence-corrected chi connectivity index (χ4v) is 5.98. The highest BCUT2D eigenvalue weighted by atomic mass is 19.4. The van der Waals surface area contributed by atoms with Crippen molar-refractivity contribution >= 4 is 28.1 Å². The Labute approximate surface area is 249 Å². The molecular formula is C35H25F6NO2. The van der Waals surface area contributed by atoms with Crippen molar-refractivity contribution in [3.8, 4) is 0 Å². The molecule has 0 fully saturated rings. The van der Waals surface area contributed by atoms with Crippen LogP contribution in [0.25, 0.3) is 10.8 Å². The van der Waals surface area contributed by atoms with Gasteiger partial charge in [0.05, 0.1) is 23.4 Å². The lowest BCUT2D eigenvalue weighted by molar-refractivity contribution is -0.143. The van der Waals surface area contributed by atoms with Gasteiger partial charge in [0, 0.05) is 5.69 Å². The Hall–Kier alpha value is -4.63. The maximum Gasteiger partial charge on any atom is 0.416 e. The van der Waals surface area contributed by atoms with Crippen LogP contribution in [0, 0.1) is 0 Å². The smallest absolute Gasteiger partial charge is 0.367 e. The van der Waals surface area contributed by atoms with E-state index >= 15 is 0 Å². The number of carbonyl (C=O) groups excluding carboxylic acids is 1. The molecule has 1 heterocycles. The van der Waals surface area contributed by atoms with Gasteiger partial charge >= 0.3 is 12.4 Å². The zero-order chi connectivity index (χ0) is 31.3.